The van der Waals surface area contributed by atoms with Gasteiger partial charge < -0.3 is 10.6 Å². The smallest absolute Gasteiger partial charge is 0.123 e. The van der Waals surface area contributed by atoms with Gasteiger partial charge in [0.05, 0.1) is 0 Å². The van der Waals surface area contributed by atoms with Crippen LogP contribution in [0, 0.1) is 17.6 Å². The second-order valence-corrected chi connectivity index (χ2v) is 7.18. The minimum absolute atomic E-state index is 0. The molecule has 0 spiro atoms. The molecule has 2 unspecified atom stereocenters. The van der Waals surface area contributed by atoms with E-state index in [1.165, 1.54) is 30.7 Å². The second-order valence-electron chi connectivity index (χ2n) is 7.18. The largest absolute Gasteiger partial charge is 0.328 e. The highest BCUT2D eigenvalue weighted by atomic mass is 35.5. The number of likely N-dealkylation sites (tertiary alicyclic amines) is 1. The van der Waals surface area contributed by atoms with E-state index in [4.69, 9.17) is 5.73 Å². The number of halogens is 3. The number of hydrogen-bond acceptors (Lipinski definition) is 2. The third-order valence-electron chi connectivity index (χ3n) is 5.27. The monoisotopic (exact) mass is 380 g/mol. The van der Waals surface area contributed by atoms with E-state index in [2.05, 4.69) is 11.8 Å². The van der Waals surface area contributed by atoms with Crippen LogP contribution in [-0.4, -0.2) is 30.6 Å². The highest BCUT2D eigenvalue weighted by molar-refractivity contribution is 5.85. The van der Waals surface area contributed by atoms with Gasteiger partial charge in [-0.25, -0.2) is 8.78 Å². The molecule has 3 rings (SSSR count). The van der Waals surface area contributed by atoms with Crippen LogP contribution in [0.1, 0.15) is 36.8 Å². The molecule has 2 nitrogen and oxygen atoms in total. The van der Waals surface area contributed by atoms with Gasteiger partial charge in [-0.15, -0.1) is 12.4 Å². The fourth-order valence-electron chi connectivity index (χ4n) is 3.74. The van der Waals surface area contributed by atoms with Crippen molar-refractivity contribution in [3.8, 4) is 0 Å². The van der Waals surface area contributed by atoms with Crippen molar-refractivity contribution in [1.29, 1.82) is 0 Å². The lowest BCUT2D eigenvalue weighted by Gasteiger charge is -2.36. The molecule has 1 saturated heterocycles. The van der Waals surface area contributed by atoms with Crippen LogP contribution in [-0.2, 0) is 0 Å². The minimum atomic E-state index is -0.239. The van der Waals surface area contributed by atoms with E-state index in [0.717, 1.165) is 37.2 Å². The van der Waals surface area contributed by atoms with E-state index in [9.17, 15) is 8.78 Å². The van der Waals surface area contributed by atoms with E-state index < -0.39 is 0 Å². The van der Waals surface area contributed by atoms with Crippen molar-refractivity contribution in [2.75, 3.05) is 19.6 Å². The lowest BCUT2D eigenvalue weighted by atomic mass is 9.88. The standard InChI is InChI=1S/C21H26F2N2.ClH/c1-15(24)18-3-2-12-25(13-18)14-21(16-4-8-19(22)9-5-16)17-6-10-20(23)11-7-17;/h4-11,15,18,21H,2-3,12-14,24H2,1H3;1H. The maximum Gasteiger partial charge on any atom is 0.123 e. The Balaban J connectivity index is 0.00000243. The molecule has 0 bridgehead atoms. The van der Waals surface area contributed by atoms with Crippen molar-refractivity contribution < 1.29 is 8.78 Å². The Labute approximate surface area is 160 Å². The Bertz CT molecular complexity index is 628. The molecule has 0 aromatic heterocycles. The summed E-state index contributed by atoms with van der Waals surface area (Å²) >= 11 is 0. The lowest BCUT2D eigenvalue weighted by Crippen LogP contribution is -2.43. The number of benzene rings is 2. The van der Waals surface area contributed by atoms with Gasteiger partial charge in [0.1, 0.15) is 11.6 Å². The van der Waals surface area contributed by atoms with Crippen molar-refractivity contribution in [2.45, 2.75) is 31.7 Å². The first kappa shape index (κ1) is 20.8. The van der Waals surface area contributed by atoms with Crippen LogP contribution in [0.15, 0.2) is 48.5 Å². The van der Waals surface area contributed by atoms with E-state index >= 15 is 0 Å². The molecule has 2 aromatic rings. The zero-order valence-corrected chi connectivity index (χ0v) is 15.9. The number of hydrogen-bond donors (Lipinski definition) is 1. The summed E-state index contributed by atoms with van der Waals surface area (Å²) in [6.07, 6.45) is 2.32. The Hall–Kier alpha value is -1.49. The van der Waals surface area contributed by atoms with Gasteiger partial charge >= 0.3 is 0 Å². The van der Waals surface area contributed by atoms with Crippen LogP contribution in [0.2, 0.25) is 0 Å². The molecule has 26 heavy (non-hydrogen) atoms. The molecule has 142 valence electrons. The third-order valence-corrected chi connectivity index (χ3v) is 5.27. The summed E-state index contributed by atoms with van der Waals surface area (Å²) in [5.74, 6) is 0.122. The van der Waals surface area contributed by atoms with Crippen molar-refractivity contribution in [3.63, 3.8) is 0 Å². The lowest BCUT2D eigenvalue weighted by molar-refractivity contribution is 0.157. The van der Waals surface area contributed by atoms with Gasteiger partial charge in [-0.1, -0.05) is 24.3 Å². The van der Waals surface area contributed by atoms with Gasteiger partial charge in [0, 0.05) is 25.0 Å². The first-order valence-corrected chi connectivity index (χ1v) is 9.02. The molecule has 1 heterocycles. The maximum absolute atomic E-state index is 13.3. The average Bonchev–Trinajstić information content (AvgIpc) is 2.62. The second kappa shape index (κ2) is 9.45. The normalized spacial score (nSPS) is 19.2. The summed E-state index contributed by atoms with van der Waals surface area (Å²) in [6, 6.07) is 13.5. The van der Waals surface area contributed by atoms with E-state index in [1.807, 2.05) is 24.3 Å². The molecule has 2 N–H and O–H groups in total. The number of nitrogens with zero attached hydrogens (tertiary/aromatic N) is 1. The maximum atomic E-state index is 13.3. The number of nitrogens with two attached hydrogens (primary N) is 1. The SMILES string of the molecule is CC(N)C1CCCN(CC(c2ccc(F)cc2)c2ccc(F)cc2)C1.Cl. The van der Waals surface area contributed by atoms with Crippen LogP contribution in [0.4, 0.5) is 8.78 Å². The predicted molar refractivity (Wildman–Crippen MR) is 105 cm³/mol. The van der Waals surface area contributed by atoms with Gasteiger partial charge in [0.15, 0.2) is 0 Å². The topological polar surface area (TPSA) is 29.3 Å². The molecule has 0 radical (unpaired) electrons. The zero-order chi connectivity index (χ0) is 17.8. The Morgan fingerprint density at radius 3 is 1.96 bits per heavy atom. The Morgan fingerprint density at radius 1 is 1.00 bits per heavy atom. The van der Waals surface area contributed by atoms with Gasteiger partial charge in [0.25, 0.3) is 0 Å². The van der Waals surface area contributed by atoms with E-state index in [1.54, 1.807) is 0 Å². The minimum Gasteiger partial charge on any atom is -0.328 e. The van der Waals surface area contributed by atoms with Crippen LogP contribution < -0.4 is 5.73 Å². The molecule has 0 amide bonds. The number of rotatable bonds is 5. The first-order valence-electron chi connectivity index (χ1n) is 9.02. The van der Waals surface area contributed by atoms with Crippen molar-refractivity contribution in [1.82, 2.24) is 4.90 Å². The van der Waals surface area contributed by atoms with Crippen molar-refractivity contribution in [3.05, 3.63) is 71.3 Å². The van der Waals surface area contributed by atoms with E-state index in [0.29, 0.717) is 5.92 Å². The molecule has 2 atom stereocenters. The molecular formula is C21H27ClF2N2. The Kier molecular flexibility index (Phi) is 7.56. The number of piperidine rings is 1. The zero-order valence-electron chi connectivity index (χ0n) is 15.1. The van der Waals surface area contributed by atoms with Gasteiger partial charge in [-0.2, -0.15) is 0 Å². The summed E-state index contributed by atoms with van der Waals surface area (Å²) in [4.78, 5) is 2.44. The van der Waals surface area contributed by atoms with Crippen LogP contribution >= 0.6 is 12.4 Å². The Morgan fingerprint density at radius 2 is 1.50 bits per heavy atom. The molecule has 0 saturated carbocycles. The summed E-state index contributed by atoms with van der Waals surface area (Å²) < 4.78 is 26.7. The van der Waals surface area contributed by atoms with Crippen LogP contribution in [0.5, 0.6) is 0 Å². The average molecular weight is 381 g/mol. The molecule has 1 aliphatic heterocycles. The molecule has 2 aromatic carbocycles. The summed E-state index contributed by atoms with van der Waals surface area (Å²) in [7, 11) is 0. The fraction of sp³-hybridized carbons (Fsp3) is 0.429. The van der Waals surface area contributed by atoms with Crippen molar-refractivity contribution >= 4 is 12.4 Å². The van der Waals surface area contributed by atoms with Crippen molar-refractivity contribution in [2.24, 2.45) is 11.7 Å². The highest BCUT2D eigenvalue weighted by Crippen LogP contribution is 2.29. The highest BCUT2D eigenvalue weighted by Gasteiger charge is 2.26. The molecular weight excluding hydrogens is 354 g/mol. The third kappa shape index (κ3) is 5.26. The van der Waals surface area contributed by atoms with Crippen LogP contribution in [0.25, 0.3) is 0 Å². The summed E-state index contributed by atoms with van der Waals surface area (Å²) in [6.45, 7) is 4.94. The van der Waals surface area contributed by atoms with Gasteiger partial charge in [-0.05, 0) is 67.6 Å². The molecule has 1 fully saturated rings. The van der Waals surface area contributed by atoms with Gasteiger partial charge in [0.2, 0.25) is 0 Å². The quantitative estimate of drug-likeness (QED) is 0.822. The first-order chi connectivity index (χ1) is 12.0. The summed E-state index contributed by atoms with van der Waals surface area (Å²) in [5, 5.41) is 0. The fourth-order valence-corrected chi connectivity index (χ4v) is 3.74. The van der Waals surface area contributed by atoms with Crippen LogP contribution in [0.3, 0.4) is 0 Å². The van der Waals surface area contributed by atoms with E-state index in [-0.39, 0.29) is 36.0 Å². The van der Waals surface area contributed by atoms with Gasteiger partial charge in [-0.3, -0.25) is 0 Å². The molecule has 0 aliphatic carbocycles. The summed E-state index contributed by atoms with van der Waals surface area (Å²) in [5.41, 5.74) is 8.21. The molecule has 1 aliphatic rings. The molecule has 5 heteroatoms. The predicted octanol–water partition coefficient (Wildman–Crippen LogP) is 4.58.